The first-order valence-electron chi connectivity index (χ1n) is 6.77. The quantitative estimate of drug-likeness (QED) is 0.637. The molecule has 1 nitrogen and oxygen atoms in total. The standard InChI is InChI=1S/C15H26O/c1-11-7-8-16-14(9-11)10-13-6-5-12(2)15(13,3)4/h7,12-14H,5-6,8-10H2,1-4H3. The van der Waals surface area contributed by atoms with E-state index in [0.29, 0.717) is 11.5 Å². The van der Waals surface area contributed by atoms with Gasteiger partial charge < -0.3 is 4.74 Å². The Morgan fingerprint density at radius 1 is 1.38 bits per heavy atom. The minimum absolute atomic E-state index is 0.486. The molecule has 0 aromatic heterocycles. The van der Waals surface area contributed by atoms with Crippen LogP contribution in [0.1, 0.15) is 53.4 Å². The van der Waals surface area contributed by atoms with Crippen molar-refractivity contribution in [3.63, 3.8) is 0 Å². The largest absolute Gasteiger partial charge is 0.374 e. The van der Waals surface area contributed by atoms with Gasteiger partial charge in [-0.3, -0.25) is 0 Å². The van der Waals surface area contributed by atoms with E-state index in [9.17, 15) is 0 Å². The van der Waals surface area contributed by atoms with Gasteiger partial charge in [-0.1, -0.05) is 32.4 Å². The smallest absolute Gasteiger partial charge is 0.0653 e. The highest BCUT2D eigenvalue weighted by atomic mass is 16.5. The zero-order chi connectivity index (χ0) is 11.8. The molecule has 0 radical (unpaired) electrons. The van der Waals surface area contributed by atoms with Crippen LogP contribution in [0.15, 0.2) is 11.6 Å². The molecule has 1 aliphatic heterocycles. The maximum atomic E-state index is 5.86. The molecule has 0 saturated heterocycles. The molecule has 3 unspecified atom stereocenters. The Hall–Kier alpha value is -0.300. The maximum Gasteiger partial charge on any atom is 0.0653 e. The van der Waals surface area contributed by atoms with Gasteiger partial charge in [-0.25, -0.2) is 0 Å². The van der Waals surface area contributed by atoms with Crippen molar-refractivity contribution in [2.24, 2.45) is 17.3 Å². The SMILES string of the molecule is CC1=CCOC(CC2CCC(C)C2(C)C)C1. The molecular weight excluding hydrogens is 196 g/mol. The minimum atomic E-state index is 0.486. The van der Waals surface area contributed by atoms with E-state index in [1.54, 1.807) is 0 Å². The van der Waals surface area contributed by atoms with Gasteiger partial charge >= 0.3 is 0 Å². The fraction of sp³-hybridized carbons (Fsp3) is 0.867. The van der Waals surface area contributed by atoms with Crippen molar-refractivity contribution >= 4 is 0 Å². The van der Waals surface area contributed by atoms with E-state index >= 15 is 0 Å². The van der Waals surface area contributed by atoms with Gasteiger partial charge in [0.2, 0.25) is 0 Å². The lowest BCUT2D eigenvalue weighted by Gasteiger charge is -2.34. The summed E-state index contributed by atoms with van der Waals surface area (Å²) in [5.41, 5.74) is 2.03. The number of ether oxygens (including phenoxy) is 1. The van der Waals surface area contributed by atoms with Crippen molar-refractivity contribution in [1.82, 2.24) is 0 Å². The van der Waals surface area contributed by atoms with E-state index < -0.39 is 0 Å². The predicted octanol–water partition coefficient (Wildman–Crippen LogP) is 4.18. The fourth-order valence-corrected chi connectivity index (χ4v) is 3.32. The monoisotopic (exact) mass is 222 g/mol. The first-order valence-corrected chi connectivity index (χ1v) is 6.77. The molecule has 2 aliphatic rings. The third-order valence-corrected chi connectivity index (χ3v) is 5.13. The van der Waals surface area contributed by atoms with Crippen LogP contribution in [-0.2, 0) is 4.74 Å². The predicted molar refractivity (Wildman–Crippen MR) is 68.4 cm³/mol. The van der Waals surface area contributed by atoms with Crippen molar-refractivity contribution < 1.29 is 4.74 Å². The van der Waals surface area contributed by atoms with Crippen LogP contribution in [0.5, 0.6) is 0 Å². The second-order valence-corrected chi connectivity index (χ2v) is 6.44. The van der Waals surface area contributed by atoms with Gasteiger partial charge in [0.25, 0.3) is 0 Å². The third-order valence-electron chi connectivity index (χ3n) is 5.13. The van der Waals surface area contributed by atoms with Crippen LogP contribution in [0.25, 0.3) is 0 Å². The Morgan fingerprint density at radius 3 is 2.69 bits per heavy atom. The summed E-state index contributed by atoms with van der Waals surface area (Å²) in [6.07, 6.45) is 7.93. The summed E-state index contributed by atoms with van der Waals surface area (Å²) < 4.78 is 5.86. The first-order chi connectivity index (χ1) is 7.50. The Labute approximate surface area is 100 Å². The lowest BCUT2D eigenvalue weighted by Crippen LogP contribution is -2.29. The number of hydrogen-bond donors (Lipinski definition) is 0. The third kappa shape index (κ3) is 2.34. The summed E-state index contributed by atoms with van der Waals surface area (Å²) >= 11 is 0. The van der Waals surface area contributed by atoms with Crippen LogP contribution in [-0.4, -0.2) is 12.7 Å². The van der Waals surface area contributed by atoms with Crippen molar-refractivity contribution in [2.45, 2.75) is 59.5 Å². The second kappa shape index (κ2) is 4.52. The molecule has 1 heterocycles. The Morgan fingerprint density at radius 2 is 2.12 bits per heavy atom. The Balaban J connectivity index is 1.93. The van der Waals surface area contributed by atoms with Crippen LogP contribution >= 0.6 is 0 Å². The molecule has 16 heavy (non-hydrogen) atoms. The molecule has 0 N–H and O–H groups in total. The van der Waals surface area contributed by atoms with E-state index in [1.807, 2.05) is 0 Å². The van der Waals surface area contributed by atoms with Crippen LogP contribution < -0.4 is 0 Å². The Kier molecular flexibility index (Phi) is 3.44. The number of rotatable bonds is 2. The van der Waals surface area contributed by atoms with Gasteiger partial charge in [-0.2, -0.15) is 0 Å². The average molecular weight is 222 g/mol. The molecule has 0 aromatic carbocycles. The Bertz CT molecular complexity index is 277. The summed E-state index contributed by atoms with van der Waals surface area (Å²) in [6.45, 7) is 10.4. The molecule has 0 amide bonds. The molecule has 0 aromatic rings. The zero-order valence-electron chi connectivity index (χ0n) is 11.3. The molecule has 1 aliphatic carbocycles. The summed E-state index contributed by atoms with van der Waals surface area (Å²) in [7, 11) is 0. The molecule has 1 fully saturated rings. The van der Waals surface area contributed by atoms with E-state index in [0.717, 1.165) is 24.9 Å². The number of hydrogen-bond acceptors (Lipinski definition) is 1. The molecular formula is C15H26O. The maximum absolute atomic E-state index is 5.86. The van der Waals surface area contributed by atoms with E-state index in [-0.39, 0.29) is 0 Å². The lowest BCUT2D eigenvalue weighted by atomic mass is 9.74. The summed E-state index contributed by atoms with van der Waals surface area (Å²) in [4.78, 5) is 0. The van der Waals surface area contributed by atoms with Gasteiger partial charge in [-0.15, -0.1) is 0 Å². The molecule has 1 saturated carbocycles. The van der Waals surface area contributed by atoms with Crippen LogP contribution in [0, 0.1) is 17.3 Å². The average Bonchev–Trinajstić information content (AvgIpc) is 2.45. The van der Waals surface area contributed by atoms with E-state index in [4.69, 9.17) is 4.74 Å². The highest BCUT2D eigenvalue weighted by Crippen LogP contribution is 2.49. The van der Waals surface area contributed by atoms with Gasteiger partial charge in [0.15, 0.2) is 0 Å². The summed E-state index contributed by atoms with van der Waals surface area (Å²) in [5, 5.41) is 0. The van der Waals surface area contributed by atoms with E-state index in [2.05, 4.69) is 33.8 Å². The lowest BCUT2D eigenvalue weighted by molar-refractivity contribution is 0.0285. The molecule has 2 rings (SSSR count). The van der Waals surface area contributed by atoms with Gasteiger partial charge in [0.05, 0.1) is 12.7 Å². The molecule has 1 heteroatoms. The van der Waals surface area contributed by atoms with Gasteiger partial charge in [-0.05, 0) is 49.9 Å². The van der Waals surface area contributed by atoms with Crippen molar-refractivity contribution in [2.75, 3.05) is 6.61 Å². The van der Waals surface area contributed by atoms with Gasteiger partial charge in [0.1, 0.15) is 0 Å². The highest BCUT2D eigenvalue weighted by Gasteiger charge is 2.41. The van der Waals surface area contributed by atoms with E-state index in [1.165, 1.54) is 24.8 Å². The molecule has 0 spiro atoms. The molecule has 92 valence electrons. The van der Waals surface area contributed by atoms with Crippen LogP contribution in [0.4, 0.5) is 0 Å². The van der Waals surface area contributed by atoms with Crippen molar-refractivity contribution in [1.29, 1.82) is 0 Å². The normalized spacial score (nSPS) is 38.5. The molecule has 3 atom stereocenters. The summed E-state index contributed by atoms with van der Waals surface area (Å²) in [6, 6.07) is 0. The second-order valence-electron chi connectivity index (χ2n) is 6.44. The molecule has 0 bridgehead atoms. The minimum Gasteiger partial charge on any atom is -0.374 e. The van der Waals surface area contributed by atoms with Crippen LogP contribution in [0.3, 0.4) is 0 Å². The fourth-order valence-electron chi connectivity index (χ4n) is 3.32. The highest BCUT2D eigenvalue weighted by molar-refractivity contribution is 5.04. The van der Waals surface area contributed by atoms with Gasteiger partial charge in [0, 0.05) is 0 Å². The first kappa shape index (κ1) is 12.2. The zero-order valence-corrected chi connectivity index (χ0v) is 11.3. The van der Waals surface area contributed by atoms with Crippen LogP contribution in [0.2, 0.25) is 0 Å². The topological polar surface area (TPSA) is 9.23 Å². The van der Waals surface area contributed by atoms with Crippen molar-refractivity contribution in [3.05, 3.63) is 11.6 Å². The van der Waals surface area contributed by atoms with Crippen molar-refractivity contribution in [3.8, 4) is 0 Å². The summed E-state index contributed by atoms with van der Waals surface area (Å²) in [5.74, 6) is 1.73.